The first kappa shape index (κ1) is 22.7. The number of halogens is 1. The van der Waals surface area contributed by atoms with E-state index in [1.165, 1.54) is 73.9 Å². The van der Waals surface area contributed by atoms with E-state index in [2.05, 4.69) is 68.1 Å². The molecular weight excluding hydrogens is 362 g/mol. The minimum Gasteiger partial charge on any atom is -0.300 e. The van der Waals surface area contributed by atoms with Crippen LogP contribution in [0.3, 0.4) is 0 Å². The van der Waals surface area contributed by atoms with Gasteiger partial charge in [0.15, 0.2) is 0 Å². The van der Waals surface area contributed by atoms with E-state index in [9.17, 15) is 0 Å². The Bertz CT molecular complexity index is 690. The van der Waals surface area contributed by atoms with Gasteiger partial charge in [0.05, 0.1) is 0 Å². The Morgan fingerprint density at radius 2 is 1.29 bits per heavy atom. The third-order valence-electron chi connectivity index (χ3n) is 5.33. The van der Waals surface area contributed by atoms with Gasteiger partial charge < -0.3 is 0 Å². The molecule has 2 heteroatoms. The Labute approximate surface area is 177 Å². The van der Waals surface area contributed by atoms with Gasteiger partial charge in [-0.1, -0.05) is 93.6 Å². The maximum absolute atomic E-state index is 5.99. The molecule has 0 amide bonds. The highest BCUT2D eigenvalue weighted by atomic mass is 35.5. The molecule has 0 radical (unpaired) electrons. The fraction of sp³-hybridized carbons (Fsp3) is 0.462. The zero-order chi connectivity index (χ0) is 20.2. The van der Waals surface area contributed by atoms with Gasteiger partial charge in [-0.15, -0.1) is 0 Å². The number of rotatable bonds is 12. The van der Waals surface area contributed by atoms with Gasteiger partial charge >= 0.3 is 0 Å². The highest BCUT2D eigenvalue weighted by Crippen LogP contribution is 2.24. The number of benzene rings is 2. The Balaban J connectivity index is 1.98. The van der Waals surface area contributed by atoms with Crippen molar-refractivity contribution in [3.8, 4) is 11.1 Å². The summed E-state index contributed by atoms with van der Waals surface area (Å²) in [6.07, 6.45) is 10.3. The lowest BCUT2D eigenvalue weighted by Gasteiger charge is -2.21. The molecule has 0 bridgehead atoms. The first-order valence-electron chi connectivity index (χ1n) is 10.9. The van der Waals surface area contributed by atoms with Gasteiger partial charge in [-0.25, -0.2) is 0 Å². The second kappa shape index (κ2) is 12.8. The van der Waals surface area contributed by atoms with E-state index in [0.717, 1.165) is 11.6 Å². The van der Waals surface area contributed by atoms with Crippen LogP contribution in [0.15, 0.2) is 54.6 Å². The van der Waals surface area contributed by atoms with Crippen LogP contribution in [0.25, 0.3) is 16.7 Å². The van der Waals surface area contributed by atoms with Gasteiger partial charge in [0, 0.05) is 11.6 Å². The van der Waals surface area contributed by atoms with Crippen molar-refractivity contribution in [2.24, 2.45) is 0 Å². The van der Waals surface area contributed by atoms with Gasteiger partial charge in [-0.2, -0.15) is 0 Å². The van der Waals surface area contributed by atoms with Crippen LogP contribution < -0.4 is 0 Å². The van der Waals surface area contributed by atoms with Gasteiger partial charge in [0.1, 0.15) is 0 Å². The number of hydrogen-bond acceptors (Lipinski definition) is 1. The summed E-state index contributed by atoms with van der Waals surface area (Å²) in [5, 5.41) is 0.779. The molecule has 152 valence electrons. The first-order chi connectivity index (χ1) is 13.6. The van der Waals surface area contributed by atoms with Crippen LogP contribution in [-0.2, 0) is 0 Å². The van der Waals surface area contributed by atoms with Crippen LogP contribution in [0.5, 0.6) is 0 Å². The molecule has 0 unspecified atom stereocenters. The minimum atomic E-state index is 0.779. The molecule has 2 aromatic rings. The summed E-state index contributed by atoms with van der Waals surface area (Å²) in [5.41, 5.74) is 5.10. The van der Waals surface area contributed by atoms with Gasteiger partial charge in [0.25, 0.3) is 0 Å². The first-order valence-corrected chi connectivity index (χ1v) is 11.3. The molecule has 28 heavy (non-hydrogen) atoms. The molecule has 0 fully saturated rings. The number of allylic oxidation sites excluding steroid dienone is 1. The molecule has 0 aliphatic carbocycles. The highest BCUT2D eigenvalue weighted by molar-refractivity contribution is 6.30. The van der Waals surface area contributed by atoms with E-state index in [0.29, 0.717) is 0 Å². The van der Waals surface area contributed by atoms with Crippen LogP contribution in [0.1, 0.15) is 64.9 Å². The molecule has 0 aliphatic rings. The lowest BCUT2D eigenvalue weighted by molar-refractivity contribution is 0.288. The summed E-state index contributed by atoms with van der Waals surface area (Å²) < 4.78 is 0. The Hall–Kier alpha value is -1.57. The van der Waals surface area contributed by atoms with Crippen molar-refractivity contribution < 1.29 is 0 Å². The monoisotopic (exact) mass is 397 g/mol. The SMILES string of the molecule is CCCCCN(CC=C(C)c1ccc(-c2ccc(Cl)cc2)cc1)CCCCC. The molecule has 2 rings (SSSR count). The fourth-order valence-corrected chi connectivity index (χ4v) is 3.54. The summed E-state index contributed by atoms with van der Waals surface area (Å²) in [6.45, 7) is 10.3. The van der Waals surface area contributed by atoms with Crippen molar-refractivity contribution in [2.75, 3.05) is 19.6 Å². The average molecular weight is 398 g/mol. The predicted molar refractivity (Wildman–Crippen MR) is 126 cm³/mol. The summed E-state index contributed by atoms with van der Waals surface area (Å²) in [7, 11) is 0. The van der Waals surface area contributed by atoms with Crippen molar-refractivity contribution in [3.63, 3.8) is 0 Å². The molecule has 0 aromatic heterocycles. The maximum atomic E-state index is 5.99. The van der Waals surface area contributed by atoms with Crippen LogP contribution in [0.2, 0.25) is 5.02 Å². The standard InChI is InChI=1S/C26H36ClN/c1-4-6-8-19-28(20-9-7-5-2)21-18-22(3)23-10-12-24(13-11-23)25-14-16-26(27)17-15-25/h10-18H,4-9,19-21H2,1-3H3. The predicted octanol–water partition coefficient (Wildman–Crippen LogP) is 8.09. The van der Waals surface area contributed by atoms with Gasteiger partial charge in [-0.3, -0.25) is 4.90 Å². The summed E-state index contributed by atoms with van der Waals surface area (Å²) in [5.74, 6) is 0. The summed E-state index contributed by atoms with van der Waals surface area (Å²) in [6, 6.07) is 16.9. The topological polar surface area (TPSA) is 3.24 Å². The Morgan fingerprint density at radius 1 is 0.786 bits per heavy atom. The molecule has 0 aliphatic heterocycles. The van der Waals surface area contributed by atoms with Crippen LogP contribution in [-0.4, -0.2) is 24.5 Å². The maximum Gasteiger partial charge on any atom is 0.0406 e. The Morgan fingerprint density at radius 3 is 1.79 bits per heavy atom. The number of hydrogen-bond donors (Lipinski definition) is 0. The molecule has 0 saturated heterocycles. The number of unbranched alkanes of at least 4 members (excludes halogenated alkanes) is 4. The van der Waals surface area contributed by atoms with Crippen LogP contribution in [0.4, 0.5) is 0 Å². The second-order valence-corrected chi connectivity index (χ2v) is 8.12. The molecule has 0 N–H and O–H groups in total. The van der Waals surface area contributed by atoms with Crippen molar-refractivity contribution >= 4 is 17.2 Å². The normalized spacial score (nSPS) is 12.0. The Kier molecular flexibility index (Phi) is 10.4. The average Bonchev–Trinajstić information content (AvgIpc) is 2.72. The minimum absolute atomic E-state index is 0.779. The largest absolute Gasteiger partial charge is 0.300 e. The molecule has 2 aromatic carbocycles. The third kappa shape index (κ3) is 7.81. The van der Waals surface area contributed by atoms with Crippen molar-refractivity contribution in [2.45, 2.75) is 59.3 Å². The zero-order valence-electron chi connectivity index (χ0n) is 17.9. The van der Waals surface area contributed by atoms with E-state index in [4.69, 9.17) is 11.6 Å². The fourth-order valence-electron chi connectivity index (χ4n) is 3.42. The molecule has 0 spiro atoms. The zero-order valence-corrected chi connectivity index (χ0v) is 18.6. The lowest BCUT2D eigenvalue weighted by atomic mass is 10.0. The molecule has 0 saturated carbocycles. The third-order valence-corrected chi connectivity index (χ3v) is 5.58. The molecule has 0 atom stereocenters. The van der Waals surface area contributed by atoms with E-state index in [1.54, 1.807) is 0 Å². The summed E-state index contributed by atoms with van der Waals surface area (Å²) in [4.78, 5) is 2.62. The van der Waals surface area contributed by atoms with Crippen LogP contribution in [0, 0.1) is 0 Å². The highest BCUT2D eigenvalue weighted by Gasteiger charge is 2.04. The van der Waals surface area contributed by atoms with Crippen LogP contribution >= 0.6 is 11.6 Å². The van der Waals surface area contributed by atoms with Gasteiger partial charge in [-0.05, 0) is 67.3 Å². The quantitative estimate of drug-likeness (QED) is 0.327. The van der Waals surface area contributed by atoms with E-state index >= 15 is 0 Å². The summed E-state index contributed by atoms with van der Waals surface area (Å²) >= 11 is 5.99. The molecule has 0 heterocycles. The van der Waals surface area contributed by atoms with Crippen molar-refractivity contribution in [3.05, 3.63) is 65.2 Å². The molecular formula is C26H36ClN. The van der Waals surface area contributed by atoms with E-state index < -0.39 is 0 Å². The molecule has 1 nitrogen and oxygen atoms in total. The van der Waals surface area contributed by atoms with E-state index in [1.807, 2.05) is 12.1 Å². The lowest BCUT2D eigenvalue weighted by Crippen LogP contribution is -2.26. The second-order valence-electron chi connectivity index (χ2n) is 7.69. The van der Waals surface area contributed by atoms with Gasteiger partial charge in [0.2, 0.25) is 0 Å². The van der Waals surface area contributed by atoms with Crippen molar-refractivity contribution in [1.82, 2.24) is 4.90 Å². The van der Waals surface area contributed by atoms with E-state index in [-0.39, 0.29) is 0 Å². The number of nitrogens with zero attached hydrogens (tertiary/aromatic N) is 1. The smallest absolute Gasteiger partial charge is 0.0406 e. The van der Waals surface area contributed by atoms with Crippen molar-refractivity contribution in [1.29, 1.82) is 0 Å².